The number of carbonyl (C=O) groups is 2. The zero-order valence-electron chi connectivity index (χ0n) is 17.8. The van der Waals surface area contributed by atoms with Crippen molar-refractivity contribution in [2.24, 2.45) is 0 Å². The van der Waals surface area contributed by atoms with Crippen LogP contribution >= 0.6 is 11.3 Å². The first-order valence-corrected chi connectivity index (χ1v) is 11.4. The van der Waals surface area contributed by atoms with E-state index in [0.29, 0.717) is 23.7 Å². The molecular weight excluding hydrogens is 384 g/mol. The molecule has 2 aromatic rings. The van der Waals surface area contributed by atoms with Gasteiger partial charge in [-0.2, -0.15) is 0 Å². The van der Waals surface area contributed by atoms with Gasteiger partial charge < -0.3 is 15.0 Å². The average molecular weight is 418 g/mol. The molecule has 1 heterocycles. The van der Waals surface area contributed by atoms with Crippen LogP contribution in [0.1, 0.15) is 56.8 Å². The van der Waals surface area contributed by atoms with Crippen molar-refractivity contribution in [2.75, 3.05) is 31.6 Å². The maximum Gasteiger partial charge on any atom is 0.341 e. The van der Waals surface area contributed by atoms with E-state index in [4.69, 9.17) is 4.74 Å². The predicted octanol–water partition coefficient (Wildman–Crippen LogP) is 4.02. The Hall–Kier alpha value is -2.18. The minimum absolute atomic E-state index is 0.0563. The van der Waals surface area contributed by atoms with Crippen LogP contribution in [0.5, 0.6) is 0 Å². The molecule has 1 aromatic carbocycles. The van der Waals surface area contributed by atoms with E-state index in [0.717, 1.165) is 49.2 Å². The Balaban J connectivity index is 2.17. The Morgan fingerprint density at radius 3 is 2.28 bits per heavy atom. The van der Waals surface area contributed by atoms with Crippen molar-refractivity contribution in [1.82, 2.24) is 0 Å². The molecular formula is C23H33N2O3S+. The molecule has 0 aliphatic rings. The van der Waals surface area contributed by atoms with E-state index in [2.05, 4.69) is 19.2 Å². The minimum Gasteiger partial charge on any atom is -0.462 e. The summed E-state index contributed by atoms with van der Waals surface area (Å²) >= 11 is 1.42. The molecule has 1 amide bonds. The van der Waals surface area contributed by atoms with E-state index >= 15 is 0 Å². The van der Waals surface area contributed by atoms with Gasteiger partial charge in [0.1, 0.15) is 5.00 Å². The highest BCUT2D eigenvalue weighted by molar-refractivity contribution is 7.20. The van der Waals surface area contributed by atoms with Crippen molar-refractivity contribution < 1.29 is 19.2 Å². The second-order valence-corrected chi connectivity index (χ2v) is 8.17. The zero-order chi connectivity index (χ0) is 21.1. The third-order valence-electron chi connectivity index (χ3n) is 4.72. The lowest BCUT2D eigenvalue weighted by Crippen LogP contribution is -3.13. The Bertz CT molecular complexity index is 766. The van der Waals surface area contributed by atoms with Gasteiger partial charge in [-0.25, -0.2) is 4.79 Å². The molecule has 5 nitrogen and oxygen atoms in total. The predicted molar refractivity (Wildman–Crippen MR) is 120 cm³/mol. The lowest BCUT2D eigenvalue weighted by molar-refractivity contribution is -0.892. The van der Waals surface area contributed by atoms with Crippen LogP contribution in [0.4, 0.5) is 5.00 Å². The molecule has 0 bridgehead atoms. The topological polar surface area (TPSA) is 59.8 Å². The van der Waals surface area contributed by atoms with Crippen molar-refractivity contribution in [3.05, 3.63) is 42.0 Å². The van der Waals surface area contributed by atoms with Gasteiger partial charge in [0, 0.05) is 4.88 Å². The fourth-order valence-electron chi connectivity index (χ4n) is 3.14. The Kier molecular flexibility index (Phi) is 9.88. The summed E-state index contributed by atoms with van der Waals surface area (Å²) < 4.78 is 5.20. The number of unbranched alkanes of at least 4 members (excludes halogenated alkanes) is 2. The number of ether oxygens (including phenoxy) is 1. The van der Waals surface area contributed by atoms with Gasteiger partial charge >= 0.3 is 5.97 Å². The number of carbonyl (C=O) groups excluding carboxylic acids is 2. The molecule has 0 aliphatic carbocycles. The molecule has 0 unspecified atom stereocenters. The normalized spacial score (nSPS) is 10.9. The summed E-state index contributed by atoms with van der Waals surface area (Å²) in [6.07, 6.45) is 4.46. The molecule has 6 heteroatoms. The van der Waals surface area contributed by atoms with Crippen LogP contribution in [-0.2, 0) is 9.53 Å². The number of hydrogen-bond acceptors (Lipinski definition) is 4. The zero-order valence-corrected chi connectivity index (χ0v) is 18.6. The van der Waals surface area contributed by atoms with Gasteiger partial charge in [0.15, 0.2) is 6.54 Å². The van der Waals surface area contributed by atoms with E-state index in [1.165, 1.54) is 16.2 Å². The highest BCUT2D eigenvalue weighted by Crippen LogP contribution is 2.35. The van der Waals surface area contributed by atoms with Crippen molar-refractivity contribution in [3.63, 3.8) is 0 Å². The Labute approximate surface area is 178 Å². The largest absolute Gasteiger partial charge is 0.462 e. The number of thiophene rings is 1. The van der Waals surface area contributed by atoms with Crippen LogP contribution in [0.15, 0.2) is 36.4 Å². The molecule has 0 atom stereocenters. The molecule has 0 spiro atoms. The van der Waals surface area contributed by atoms with Crippen molar-refractivity contribution in [1.29, 1.82) is 0 Å². The second-order valence-electron chi connectivity index (χ2n) is 7.12. The van der Waals surface area contributed by atoms with E-state index in [-0.39, 0.29) is 5.91 Å². The third kappa shape index (κ3) is 7.29. The van der Waals surface area contributed by atoms with Crippen molar-refractivity contribution >= 4 is 28.2 Å². The van der Waals surface area contributed by atoms with Crippen molar-refractivity contribution in [3.8, 4) is 10.4 Å². The number of quaternary nitrogens is 1. The lowest BCUT2D eigenvalue weighted by Gasteiger charge is -2.18. The number of benzene rings is 1. The number of esters is 1. The summed E-state index contributed by atoms with van der Waals surface area (Å²) in [5.74, 6) is -0.457. The Morgan fingerprint density at radius 1 is 1.03 bits per heavy atom. The van der Waals surface area contributed by atoms with Gasteiger partial charge in [-0.1, -0.05) is 57.0 Å². The summed E-state index contributed by atoms with van der Waals surface area (Å²) in [7, 11) is 0. The van der Waals surface area contributed by atoms with Crippen LogP contribution in [0.25, 0.3) is 10.4 Å². The van der Waals surface area contributed by atoms with Crippen molar-refractivity contribution in [2.45, 2.75) is 46.5 Å². The first-order chi connectivity index (χ1) is 14.1. The lowest BCUT2D eigenvalue weighted by atomic mass is 10.1. The highest BCUT2D eigenvalue weighted by Gasteiger charge is 2.21. The molecule has 2 rings (SSSR count). The summed E-state index contributed by atoms with van der Waals surface area (Å²) in [4.78, 5) is 27.4. The molecule has 0 radical (unpaired) electrons. The van der Waals surface area contributed by atoms with Gasteiger partial charge in [0.25, 0.3) is 5.91 Å². The molecule has 0 aliphatic heterocycles. The average Bonchev–Trinajstić information content (AvgIpc) is 3.14. The number of anilines is 1. The fourth-order valence-corrected chi connectivity index (χ4v) is 4.21. The van der Waals surface area contributed by atoms with Crippen LogP contribution < -0.4 is 10.2 Å². The highest BCUT2D eigenvalue weighted by atomic mass is 32.1. The van der Waals surface area contributed by atoms with E-state index in [9.17, 15) is 9.59 Å². The summed E-state index contributed by atoms with van der Waals surface area (Å²) in [5.41, 5.74) is 1.44. The molecule has 29 heavy (non-hydrogen) atoms. The Morgan fingerprint density at radius 2 is 1.69 bits per heavy atom. The third-order valence-corrected chi connectivity index (χ3v) is 5.82. The van der Waals surface area contributed by atoms with Gasteiger partial charge in [0.2, 0.25) is 0 Å². The molecule has 2 N–H and O–H groups in total. The first-order valence-electron chi connectivity index (χ1n) is 10.6. The summed E-state index contributed by atoms with van der Waals surface area (Å²) in [6, 6.07) is 11.7. The summed E-state index contributed by atoms with van der Waals surface area (Å²) in [5, 5.41) is 3.55. The van der Waals surface area contributed by atoms with Gasteiger partial charge in [-0.15, -0.1) is 11.3 Å². The number of amides is 1. The van der Waals surface area contributed by atoms with Crippen LogP contribution in [0, 0.1) is 0 Å². The molecule has 0 saturated heterocycles. The quantitative estimate of drug-likeness (QED) is 0.513. The minimum atomic E-state index is -0.401. The van der Waals surface area contributed by atoms with E-state index in [1.807, 2.05) is 36.4 Å². The van der Waals surface area contributed by atoms with E-state index < -0.39 is 5.97 Å². The number of rotatable bonds is 12. The molecule has 1 aromatic heterocycles. The van der Waals surface area contributed by atoms with Crippen LogP contribution in [0.3, 0.4) is 0 Å². The first kappa shape index (κ1) is 23.1. The molecule has 0 saturated carbocycles. The number of nitrogens with one attached hydrogen (secondary N) is 2. The van der Waals surface area contributed by atoms with Gasteiger partial charge in [-0.05, 0) is 31.4 Å². The summed E-state index contributed by atoms with van der Waals surface area (Å²) in [6.45, 7) is 8.82. The maximum atomic E-state index is 12.8. The number of hydrogen-bond donors (Lipinski definition) is 2. The van der Waals surface area contributed by atoms with Crippen LogP contribution in [-0.4, -0.2) is 38.1 Å². The monoisotopic (exact) mass is 417 g/mol. The van der Waals surface area contributed by atoms with Gasteiger partial charge in [0.05, 0.1) is 25.3 Å². The van der Waals surface area contributed by atoms with Gasteiger partial charge in [-0.3, -0.25) is 4.79 Å². The molecule has 0 fully saturated rings. The fraction of sp³-hybridized carbons (Fsp3) is 0.478. The smallest absolute Gasteiger partial charge is 0.341 e. The SMILES string of the molecule is CCCC[NH+](CCCC)CC(=O)Nc1sc(-c2ccccc2)cc1C(=O)OCC. The van der Waals surface area contributed by atoms with Crippen LogP contribution in [0.2, 0.25) is 0 Å². The second kappa shape index (κ2) is 12.4. The van der Waals surface area contributed by atoms with E-state index in [1.54, 1.807) is 6.92 Å². The molecule has 158 valence electrons. The standard InChI is InChI=1S/C23H32N2O3S/c1-4-7-14-25(15-8-5-2)17-21(26)24-22-19(23(27)28-6-3)16-20(29-22)18-12-10-9-11-13-18/h9-13,16H,4-8,14-15,17H2,1-3H3,(H,24,26)/p+1. The maximum absolute atomic E-state index is 12.8.